The average Bonchev–Trinajstić information content (AvgIpc) is 2.86. The highest BCUT2D eigenvalue weighted by atomic mass is 35.5. The number of nitrogens with zero attached hydrogens (tertiary/aromatic N) is 3. The molecular weight excluding hydrogens is 322 g/mol. The number of carbonyl (C=O) groups is 1. The SMILES string of the molecule is O=C(CCCCl)NC(n1cncn1)C(Cl)(Cl)CCl. The lowest BCUT2D eigenvalue weighted by Gasteiger charge is -2.28. The molecule has 1 aromatic heterocycles. The maximum atomic E-state index is 11.7. The van der Waals surface area contributed by atoms with E-state index in [1.807, 2.05) is 0 Å². The number of nitrogens with one attached hydrogen (secondary N) is 1. The topological polar surface area (TPSA) is 59.8 Å². The Labute approximate surface area is 125 Å². The molecule has 102 valence electrons. The number of amides is 1. The van der Waals surface area contributed by atoms with Crippen molar-refractivity contribution in [2.24, 2.45) is 0 Å². The fraction of sp³-hybridized carbons (Fsp3) is 0.667. The first-order valence-corrected chi connectivity index (χ1v) is 6.97. The van der Waals surface area contributed by atoms with Gasteiger partial charge in [0, 0.05) is 12.3 Å². The van der Waals surface area contributed by atoms with Gasteiger partial charge in [-0.3, -0.25) is 4.79 Å². The van der Waals surface area contributed by atoms with Crippen LogP contribution < -0.4 is 5.32 Å². The molecule has 18 heavy (non-hydrogen) atoms. The van der Waals surface area contributed by atoms with Crippen molar-refractivity contribution in [3.05, 3.63) is 12.7 Å². The maximum Gasteiger partial charge on any atom is 0.221 e. The van der Waals surface area contributed by atoms with Gasteiger partial charge in [-0.1, -0.05) is 23.2 Å². The van der Waals surface area contributed by atoms with Crippen molar-refractivity contribution in [1.29, 1.82) is 0 Å². The molecule has 0 radical (unpaired) electrons. The van der Waals surface area contributed by atoms with E-state index in [2.05, 4.69) is 15.4 Å². The van der Waals surface area contributed by atoms with E-state index < -0.39 is 10.5 Å². The number of aromatic nitrogens is 3. The molecule has 0 saturated carbocycles. The molecule has 9 heteroatoms. The molecule has 0 spiro atoms. The first-order valence-electron chi connectivity index (χ1n) is 5.14. The number of rotatable bonds is 7. The van der Waals surface area contributed by atoms with Gasteiger partial charge in [0.2, 0.25) is 5.91 Å². The maximum absolute atomic E-state index is 11.7. The minimum atomic E-state index is -1.38. The Kier molecular flexibility index (Phi) is 6.49. The van der Waals surface area contributed by atoms with E-state index in [4.69, 9.17) is 46.4 Å². The van der Waals surface area contributed by atoms with E-state index in [0.29, 0.717) is 12.3 Å². The average molecular weight is 334 g/mol. The van der Waals surface area contributed by atoms with Gasteiger partial charge in [-0.2, -0.15) is 5.10 Å². The Hall–Kier alpha value is -0.230. The molecule has 1 rings (SSSR count). The summed E-state index contributed by atoms with van der Waals surface area (Å²) in [5.41, 5.74) is 0. The molecule has 1 amide bonds. The zero-order chi connectivity index (χ0) is 13.6. The first-order chi connectivity index (χ1) is 8.51. The van der Waals surface area contributed by atoms with E-state index in [1.165, 1.54) is 17.3 Å². The highest BCUT2D eigenvalue weighted by Crippen LogP contribution is 2.33. The van der Waals surface area contributed by atoms with Crippen molar-refractivity contribution >= 4 is 52.3 Å². The van der Waals surface area contributed by atoms with Crippen LogP contribution in [-0.4, -0.2) is 36.8 Å². The van der Waals surface area contributed by atoms with Gasteiger partial charge in [0.15, 0.2) is 10.5 Å². The minimum absolute atomic E-state index is 0.0730. The van der Waals surface area contributed by atoms with Crippen LogP contribution in [-0.2, 0) is 4.79 Å². The summed E-state index contributed by atoms with van der Waals surface area (Å²) in [5, 5.41) is 6.56. The standard InChI is InChI=1S/C9H12Cl4N4O/c10-3-1-2-7(18)16-8(9(12,13)4-11)17-6-14-5-15-17/h5-6,8H,1-4H2,(H,16,18). The van der Waals surface area contributed by atoms with E-state index in [1.54, 1.807) is 0 Å². The third-order valence-corrected chi connectivity index (χ3v) is 3.76. The van der Waals surface area contributed by atoms with Crippen LogP contribution in [0.15, 0.2) is 12.7 Å². The number of hydrogen-bond acceptors (Lipinski definition) is 3. The molecule has 5 nitrogen and oxygen atoms in total. The third kappa shape index (κ3) is 4.46. The molecule has 0 fully saturated rings. The third-order valence-electron chi connectivity index (χ3n) is 2.11. The van der Waals surface area contributed by atoms with E-state index in [-0.39, 0.29) is 18.2 Å². The summed E-state index contributed by atoms with van der Waals surface area (Å²) in [5.74, 6) is 0.104. The van der Waals surface area contributed by atoms with Crippen molar-refractivity contribution in [3.8, 4) is 0 Å². The number of halogens is 4. The summed E-state index contributed by atoms with van der Waals surface area (Å²) in [7, 11) is 0. The van der Waals surface area contributed by atoms with Crippen molar-refractivity contribution in [3.63, 3.8) is 0 Å². The van der Waals surface area contributed by atoms with Gasteiger partial charge in [-0.25, -0.2) is 9.67 Å². The molecule has 0 aliphatic heterocycles. The summed E-state index contributed by atoms with van der Waals surface area (Å²) in [6, 6.07) is 0. The van der Waals surface area contributed by atoms with Crippen LogP contribution in [0.5, 0.6) is 0 Å². The summed E-state index contributed by atoms with van der Waals surface area (Å²) in [6.07, 6.45) is 2.77. The number of carbonyl (C=O) groups excluding carboxylic acids is 1. The molecule has 1 unspecified atom stereocenters. The monoisotopic (exact) mass is 332 g/mol. The van der Waals surface area contributed by atoms with Crippen LogP contribution in [0.4, 0.5) is 0 Å². The Morgan fingerprint density at radius 1 is 1.44 bits per heavy atom. The van der Waals surface area contributed by atoms with E-state index in [0.717, 1.165) is 0 Å². The lowest BCUT2D eigenvalue weighted by molar-refractivity contribution is -0.122. The molecule has 1 N–H and O–H groups in total. The molecule has 1 atom stereocenters. The van der Waals surface area contributed by atoms with Gasteiger partial charge in [0.05, 0.1) is 5.88 Å². The summed E-state index contributed by atoms with van der Waals surface area (Å²) in [6.45, 7) is 0. The van der Waals surface area contributed by atoms with Gasteiger partial charge >= 0.3 is 0 Å². The van der Waals surface area contributed by atoms with Crippen LogP contribution in [0.3, 0.4) is 0 Å². The number of hydrogen-bond donors (Lipinski definition) is 1. The molecule has 0 aliphatic carbocycles. The summed E-state index contributed by atoms with van der Waals surface area (Å²) >= 11 is 23.3. The Balaban J connectivity index is 2.77. The van der Waals surface area contributed by atoms with Crippen LogP contribution in [0, 0.1) is 0 Å². The normalized spacial score (nSPS) is 13.3. The zero-order valence-corrected chi connectivity index (χ0v) is 12.3. The molecule has 1 aromatic rings. The minimum Gasteiger partial charge on any atom is -0.332 e. The van der Waals surface area contributed by atoms with Crippen molar-refractivity contribution in [2.45, 2.75) is 23.3 Å². The van der Waals surface area contributed by atoms with Gasteiger partial charge in [-0.05, 0) is 6.42 Å². The molecule has 0 aromatic carbocycles. The predicted molar refractivity (Wildman–Crippen MR) is 72.3 cm³/mol. The first kappa shape index (κ1) is 15.8. The van der Waals surface area contributed by atoms with Crippen molar-refractivity contribution in [1.82, 2.24) is 20.1 Å². The Bertz CT molecular complexity index is 371. The fourth-order valence-electron chi connectivity index (χ4n) is 1.24. The zero-order valence-electron chi connectivity index (χ0n) is 9.32. The van der Waals surface area contributed by atoms with Crippen LogP contribution in [0.2, 0.25) is 0 Å². The van der Waals surface area contributed by atoms with Gasteiger partial charge in [0.1, 0.15) is 12.7 Å². The Morgan fingerprint density at radius 2 is 2.17 bits per heavy atom. The quantitative estimate of drug-likeness (QED) is 0.779. The summed E-state index contributed by atoms with van der Waals surface area (Å²) < 4.78 is -0.0349. The van der Waals surface area contributed by atoms with Crippen molar-refractivity contribution < 1.29 is 4.79 Å². The molecular formula is C9H12Cl4N4O. The summed E-state index contributed by atoms with van der Waals surface area (Å²) in [4.78, 5) is 15.5. The molecule has 0 bridgehead atoms. The second-order valence-electron chi connectivity index (χ2n) is 3.53. The van der Waals surface area contributed by atoms with Crippen molar-refractivity contribution in [2.75, 3.05) is 11.8 Å². The van der Waals surface area contributed by atoms with Gasteiger partial charge in [0.25, 0.3) is 0 Å². The second kappa shape index (κ2) is 7.38. The van der Waals surface area contributed by atoms with Gasteiger partial charge < -0.3 is 5.32 Å². The highest BCUT2D eigenvalue weighted by Gasteiger charge is 2.37. The van der Waals surface area contributed by atoms with Crippen LogP contribution in [0.1, 0.15) is 19.0 Å². The lowest BCUT2D eigenvalue weighted by atomic mass is 10.3. The molecule has 0 saturated heterocycles. The smallest absolute Gasteiger partial charge is 0.221 e. The second-order valence-corrected chi connectivity index (χ2v) is 5.72. The van der Waals surface area contributed by atoms with Crippen LogP contribution in [0.25, 0.3) is 0 Å². The van der Waals surface area contributed by atoms with Crippen LogP contribution >= 0.6 is 46.4 Å². The van der Waals surface area contributed by atoms with Gasteiger partial charge in [-0.15, -0.1) is 23.2 Å². The highest BCUT2D eigenvalue weighted by molar-refractivity contribution is 6.51. The lowest BCUT2D eigenvalue weighted by Crippen LogP contribution is -2.44. The molecule has 1 heterocycles. The largest absolute Gasteiger partial charge is 0.332 e. The Morgan fingerprint density at radius 3 is 2.67 bits per heavy atom. The number of alkyl halides is 4. The fourth-order valence-corrected chi connectivity index (χ4v) is 1.83. The predicted octanol–water partition coefficient (Wildman–Crippen LogP) is 2.32. The molecule has 0 aliphatic rings. The van der Waals surface area contributed by atoms with E-state index in [9.17, 15) is 4.79 Å². The van der Waals surface area contributed by atoms with E-state index >= 15 is 0 Å².